The lowest BCUT2D eigenvalue weighted by Crippen LogP contribution is -2.41. The lowest BCUT2D eigenvalue weighted by Gasteiger charge is -2.29. The van der Waals surface area contributed by atoms with E-state index in [0.717, 1.165) is 25.7 Å². The molecule has 0 radical (unpaired) electrons. The van der Waals surface area contributed by atoms with E-state index >= 15 is 0 Å². The Labute approximate surface area is 103 Å². The first-order chi connectivity index (χ1) is 8.10. The second-order valence-corrected chi connectivity index (χ2v) is 4.38. The highest BCUT2D eigenvalue weighted by Crippen LogP contribution is 2.26. The van der Waals surface area contributed by atoms with Crippen LogP contribution >= 0.6 is 0 Å². The molecule has 0 spiro atoms. The van der Waals surface area contributed by atoms with Gasteiger partial charge in [-0.3, -0.25) is 9.59 Å². The summed E-state index contributed by atoms with van der Waals surface area (Å²) in [6.07, 6.45) is 11.4. The van der Waals surface area contributed by atoms with Crippen LogP contribution in [0.4, 0.5) is 0 Å². The van der Waals surface area contributed by atoms with E-state index in [9.17, 15) is 9.59 Å². The monoisotopic (exact) mass is 236 g/mol. The Kier molecular flexibility index (Phi) is 5.13. The summed E-state index contributed by atoms with van der Waals surface area (Å²) in [5.41, 5.74) is -1.05. The highest BCUT2D eigenvalue weighted by molar-refractivity contribution is 6.01. The van der Waals surface area contributed by atoms with Crippen LogP contribution in [0, 0.1) is 0 Å². The summed E-state index contributed by atoms with van der Waals surface area (Å²) in [6, 6.07) is 0. The zero-order valence-corrected chi connectivity index (χ0v) is 10.6. The fourth-order valence-corrected chi connectivity index (χ4v) is 1.99. The molecule has 94 valence electrons. The quantitative estimate of drug-likeness (QED) is 0.526. The van der Waals surface area contributed by atoms with Crippen LogP contribution in [0.3, 0.4) is 0 Å². The van der Waals surface area contributed by atoms with Crippen LogP contribution in [0.2, 0.25) is 0 Å². The van der Waals surface area contributed by atoms with Crippen molar-refractivity contribution in [3.63, 3.8) is 0 Å². The Morgan fingerprint density at radius 1 is 1.29 bits per heavy atom. The number of carbonyl (C=O) groups excluding carboxylic acids is 2. The lowest BCUT2D eigenvalue weighted by molar-refractivity contribution is -0.159. The highest BCUT2D eigenvalue weighted by Gasteiger charge is 2.37. The molecule has 0 heterocycles. The average Bonchev–Trinajstić information content (AvgIpc) is 2.28. The molecule has 1 aliphatic carbocycles. The van der Waals surface area contributed by atoms with Crippen LogP contribution < -0.4 is 0 Å². The number of carbonyl (C=O) groups is 2. The molecule has 0 aromatic rings. The minimum atomic E-state index is -1.05. The van der Waals surface area contributed by atoms with Gasteiger partial charge in [-0.2, -0.15) is 0 Å². The predicted octanol–water partition coefficient (Wildman–Crippen LogP) is 2.95. The summed E-state index contributed by atoms with van der Waals surface area (Å²) >= 11 is 0. The van der Waals surface area contributed by atoms with Crippen molar-refractivity contribution in [2.45, 2.75) is 51.6 Å². The van der Waals surface area contributed by atoms with Crippen LogP contribution in [0.25, 0.3) is 0 Å². The maximum atomic E-state index is 11.9. The van der Waals surface area contributed by atoms with E-state index in [4.69, 9.17) is 4.74 Å². The van der Waals surface area contributed by atoms with Crippen molar-refractivity contribution in [3.8, 4) is 0 Å². The van der Waals surface area contributed by atoms with E-state index in [-0.39, 0.29) is 5.78 Å². The zero-order valence-electron chi connectivity index (χ0n) is 10.6. The lowest BCUT2D eigenvalue weighted by atomic mass is 9.88. The first kappa shape index (κ1) is 13.7. The van der Waals surface area contributed by atoms with Gasteiger partial charge in [0.05, 0.1) is 0 Å². The third kappa shape index (κ3) is 3.84. The topological polar surface area (TPSA) is 43.4 Å². The van der Waals surface area contributed by atoms with Gasteiger partial charge < -0.3 is 4.74 Å². The molecule has 0 amide bonds. The third-order valence-electron chi connectivity index (χ3n) is 2.87. The van der Waals surface area contributed by atoms with Crippen molar-refractivity contribution in [2.24, 2.45) is 0 Å². The molecular formula is C14H20O3. The van der Waals surface area contributed by atoms with E-state index in [0.29, 0.717) is 6.42 Å². The van der Waals surface area contributed by atoms with Crippen molar-refractivity contribution in [2.75, 3.05) is 0 Å². The third-order valence-corrected chi connectivity index (χ3v) is 2.87. The van der Waals surface area contributed by atoms with E-state index in [1.807, 2.05) is 0 Å². The zero-order chi connectivity index (χ0) is 12.7. The minimum Gasteiger partial charge on any atom is -0.447 e. The van der Waals surface area contributed by atoms with E-state index in [1.54, 1.807) is 18.2 Å². The summed E-state index contributed by atoms with van der Waals surface area (Å²) in [5.74, 6) is -0.541. The van der Waals surface area contributed by atoms with Crippen molar-refractivity contribution in [1.82, 2.24) is 0 Å². The molecule has 3 nitrogen and oxygen atoms in total. The number of ether oxygens (including phenoxy) is 1. The largest absolute Gasteiger partial charge is 0.447 e. The first-order valence-electron chi connectivity index (χ1n) is 6.20. The summed E-state index contributed by atoms with van der Waals surface area (Å²) in [4.78, 5) is 23.0. The summed E-state index contributed by atoms with van der Waals surface area (Å²) in [6.45, 7) is 3.48. The average molecular weight is 236 g/mol. The number of ketones is 1. The first-order valence-corrected chi connectivity index (χ1v) is 6.20. The second-order valence-electron chi connectivity index (χ2n) is 4.38. The number of hydrogen-bond acceptors (Lipinski definition) is 3. The summed E-state index contributed by atoms with van der Waals surface area (Å²) < 4.78 is 5.24. The molecule has 1 aliphatic rings. The Morgan fingerprint density at radius 2 is 2.06 bits per heavy atom. The summed E-state index contributed by atoms with van der Waals surface area (Å²) in [5, 5.41) is 0. The van der Waals surface area contributed by atoms with E-state index in [2.05, 4.69) is 6.92 Å². The van der Waals surface area contributed by atoms with Gasteiger partial charge in [-0.05, 0) is 25.0 Å². The standard InChI is InChI=1S/C14H20O3/c1-3-4-5-7-10-14(17-12(2)15)11-8-6-9-13(14)16/h6,8-9,11H,3-5,7,10H2,1-2H3. The van der Waals surface area contributed by atoms with Gasteiger partial charge >= 0.3 is 5.97 Å². The van der Waals surface area contributed by atoms with Gasteiger partial charge in [-0.25, -0.2) is 0 Å². The number of esters is 1. The molecule has 0 N–H and O–H groups in total. The van der Waals surface area contributed by atoms with E-state index in [1.165, 1.54) is 13.0 Å². The van der Waals surface area contributed by atoms with Gasteiger partial charge in [0.1, 0.15) is 0 Å². The molecule has 0 saturated carbocycles. The summed E-state index contributed by atoms with van der Waals surface area (Å²) in [7, 11) is 0. The van der Waals surface area contributed by atoms with Crippen LogP contribution in [0.1, 0.15) is 46.0 Å². The van der Waals surface area contributed by atoms with Gasteiger partial charge in [0.2, 0.25) is 5.78 Å². The molecule has 0 bridgehead atoms. The van der Waals surface area contributed by atoms with Gasteiger partial charge in [0, 0.05) is 6.92 Å². The number of hydrogen-bond donors (Lipinski definition) is 0. The van der Waals surface area contributed by atoms with Gasteiger partial charge in [0.15, 0.2) is 5.60 Å². The van der Waals surface area contributed by atoms with Gasteiger partial charge in [-0.1, -0.05) is 38.3 Å². The molecule has 3 heteroatoms. The van der Waals surface area contributed by atoms with Crippen LogP contribution in [-0.4, -0.2) is 17.4 Å². The van der Waals surface area contributed by atoms with Crippen molar-refractivity contribution >= 4 is 11.8 Å². The smallest absolute Gasteiger partial charge is 0.303 e. The molecule has 0 aromatic carbocycles. The van der Waals surface area contributed by atoms with Crippen LogP contribution in [0.15, 0.2) is 24.3 Å². The predicted molar refractivity (Wildman–Crippen MR) is 66.5 cm³/mol. The Balaban J connectivity index is 2.66. The van der Waals surface area contributed by atoms with Crippen LogP contribution in [0.5, 0.6) is 0 Å². The molecule has 1 unspecified atom stereocenters. The Morgan fingerprint density at radius 3 is 2.65 bits per heavy atom. The molecular weight excluding hydrogens is 216 g/mol. The van der Waals surface area contributed by atoms with Crippen molar-refractivity contribution < 1.29 is 14.3 Å². The Bertz CT molecular complexity index is 341. The van der Waals surface area contributed by atoms with E-state index < -0.39 is 11.6 Å². The van der Waals surface area contributed by atoms with Crippen molar-refractivity contribution in [3.05, 3.63) is 24.3 Å². The molecule has 0 fully saturated rings. The Hall–Kier alpha value is -1.38. The number of allylic oxidation sites excluding steroid dienone is 2. The maximum Gasteiger partial charge on any atom is 0.303 e. The SMILES string of the molecule is CCCCCCC1(OC(C)=O)C=CC=CC1=O. The molecule has 0 saturated heterocycles. The normalized spacial score (nSPS) is 22.8. The van der Waals surface area contributed by atoms with Crippen molar-refractivity contribution in [1.29, 1.82) is 0 Å². The minimum absolute atomic E-state index is 0.133. The molecule has 0 aliphatic heterocycles. The number of rotatable bonds is 6. The van der Waals surface area contributed by atoms with Gasteiger partial charge in [-0.15, -0.1) is 0 Å². The molecule has 17 heavy (non-hydrogen) atoms. The van der Waals surface area contributed by atoms with Crippen LogP contribution in [-0.2, 0) is 14.3 Å². The molecule has 1 atom stereocenters. The second kappa shape index (κ2) is 6.38. The number of unbranched alkanes of at least 4 members (excludes halogenated alkanes) is 3. The fourth-order valence-electron chi connectivity index (χ4n) is 1.99. The highest BCUT2D eigenvalue weighted by atomic mass is 16.6. The fraction of sp³-hybridized carbons (Fsp3) is 0.571. The van der Waals surface area contributed by atoms with Gasteiger partial charge in [0.25, 0.3) is 0 Å². The maximum absolute atomic E-state index is 11.9. The molecule has 1 rings (SSSR count). The molecule has 0 aromatic heterocycles.